The summed E-state index contributed by atoms with van der Waals surface area (Å²) in [4.78, 5) is 11.4. The molecule has 0 aromatic heterocycles. The van der Waals surface area contributed by atoms with Crippen LogP contribution >= 0.6 is 11.6 Å². The maximum absolute atomic E-state index is 11.4. The first-order valence-corrected chi connectivity index (χ1v) is 7.88. The Morgan fingerprint density at radius 1 is 1.28 bits per heavy atom. The average molecular weight is 291 g/mol. The molecule has 0 aliphatic rings. The summed E-state index contributed by atoms with van der Waals surface area (Å²) in [5.74, 6) is 0.476. The molecule has 0 unspecified atom stereocenters. The van der Waals surface area contributed by atoms with Gasteiger partial charge in [-0.25, -0.2) is 8.42 Å². The SMILES string of the molecule is CS(=O)(=O)CCCC(=O)COc1ccc(Cl)cc1. The molecule has 0 heterocycles. The Morgan fingerprint density at radius 3 is 2.44 bits per heavy atom. The zero-order chi connectivity index (χ0) is 13.6. The number of Topliss-reactive ketones (excluding diaryl/α,β-unsaturated/α-hetero) is 1. The van der Waals surface area contributed by atoms with Crippen molar-refractivity contribution < 1.29 is 17.9 Å². The first kappa shape index (κ1) is 15.0. The number of hydrogen-bond donors (Lipinski definition) is 0. The molecule has 1 rings (SSSR count). The fourth-order valence-corrected chi connectivity index (χ4v) is 2.09. The number of halogens is 1. The number of carbonyl (C=O) groups is 1. The normalized spacial score (nSPS) is 11.2. The monoisotopic (exact) mass is 290 g/mol. The van der Waals surface area contributed by atoms with Gasteiger partial charge in [-0.15, -0.1) is 0 Å². The van der Waals surface area contributed by atoms with E-state index in [1.807, 2.05) is 0 Å². The molecular formula is C12H15ClO4S. The molecule has 0 N–H and O–H groups in total. The summed E-state index contributed by atoms with van der Waals surface area (Å²) in [6, 6.07) is 6.69. The quantitative estimate of drug-likeness (QED) is 0.772. The van der Waals surface area contributed by atoms with Gasteiger partial charge >= 0.3 is 0 Å². The third-order valence-electron chi connectivity index (χ3n) is 2.18. The Bertz CT molecular complexity index is 493. The minimum Gasteiger partial charge on any atom is -0.486 e. The van der Waals surface area contributed by atoms with Crippen LogP contribution in [-0.4, -0.2) is 32.8 Å². The van der Waals surface area contributed by atoms with Crippen molar-refractivity contribution in [3.63, 3.8) is 0 Å². The molecular weight excluding hydrogens is 276 g/mol. The number of sulfone groups is 1. The highest BCUT2D eigenvalue weighted by Gasteiger charge is 2.07. The first-order valence-electron chi connectivity index (χ1n) is 5.44. The number of benzene rings is 1. The molecule has 1 aromatic carbocycles. The van der Waals surface area contributed by atoms with Crippen molar-refractivity contribution in [2.45, 2.75) is 12.8 Å². The van der Waals surface area contributed by atoms with E-state index in [2.05, 4.69) is 0 Å². The van der Waals surface area contributed by atoms with E-state index in [1.54, 1.807) is 24.3 Å². The van der Waals surface area contributed by atoms with Gasteiger partial charge in [0, 0.05) is 17.7 Å². The molecule has 0 amide bonds. The van der Waals surface area contributed by atoms with Crippen LogP contribution in [0.15, 0.2) is 24.3 Å². The van der Waals surface area contributed by atoms with E-state index in [0.29, 0.717) is 17.2 Å². The zero-order valence-corrected chi connectivity index (χ0v) is 11.6. The van der Waals surface area contributed by atoms with E-state index < -0.39 is 9.84 Å². The van der Waals surface area contributed by atoms with Gasteiger partial charge in [0.15, 0.2) is 5.78 Å². The highest BCUT2D eigenvalue weighted by atomic mass is 35.5. The first-order chi connectivity index (χ1) is 8.37. The average Bonchev–Trinajstić information content (AvgIpc) is 2.26. The minimum atomic E-state index is -3.00. The maximum atomic E-state index is 11.4. The summed E-state index contributed by atoms with van der Waals surface area (Å²) >= 11 is 5.71. The minimum absolute atomic E-state index is 0.0275. The highest BCUT2D eigenvalue weighted by molar-refractivity contribution is 7.90. The highest BCUT2D eigenvalue weighted by Crippen LogP contribution is 2.15. The van der Waals surface area contributed by atoms with Crippen molar-refractivity contribution in [3.8, 4) is 5.75 Å². The Balaban J connectivity index is 2.27. The Kier molecular flexibility index (Phi) is 5.62. The van der Waals surface area contributed by atoms with E-state index in [1.165, 1.54) is 0 Å². The van der Waals surface area contributed by atoms with Gasteiger partial charge in [0.2, 0.25) is 0 Å². The van der Waals surface area contributed by atoms with Crippen LogP contribution in [0.1, 0.15) is 12.8 Å². The van der Waals surface area contributed by atoms with E-state index in [-0.39, 0.29) is 24.6 Å². The second kappa shape index (κ2) is 6.75. The van der Waals surface area contributed by atoms with Gasteiger partial charge in [-0.3, -0.25) is 4.79 Å². The van der Waals surface area contributed by atoms with Gasteiger partial charge in [0.1, 0.15) is 22.2 Å². The lowest BCUT2D eigenvalue weighted by molar-refractivity contribution is -0.121. The van der Waals surface area contributed by atoms with Crippen molar-refractivity contribution >= 4 is 27.2 Å². The summed E-state index contributed by atoms with van der Waals surface area (Å²) in [5, 5.41) is 0.599. The Morgan fingerprint density at radius 2 is 1.89 bits per heavy atom. The van der Waals surface area contributed by atoms with Gasteiger partial charge in [0.25, 0.3) is 0 Å². The second-order valence-electron chi connectivity index (χ2n) is 4.01. The van der Waals surface area contributed by atoms with E-state index in [9.17, 15) is 13.2 Å². The van der Waals surface area contributed by atoms with Crippen LogP contribution in [0.3, 0.4) is 0 Å². The lowest BCUT2D eigenvalue weighted by Crippen LogP contribution is -2.13. The molecule has 0 saturated heterocycles. The third-order valence-corrected chi connectivity index (χ3v) is 3.47. The predicted molar refractivity (Wildman–Crippen MR) is 70.9 cm³/mol. The van der Waals surface area contributed by atoms with Gasteiger partial charge in [-0.2, -0.15) is 0 Å². The number of ketones is 1. The van der Waals surface area contributed by atoms with Crippen LogP contribution in [0.25, 0.3) is 0 Å². The number of ether oxygens (including phenoxy) is 1. The molecule has 0 radical (unpaired) electrons. The molecule has 6 heteroatoms. The van der Waals surface area contributed by atoms with Crippen LogP contribution in [0.5, 0.6) is 5.75 Å². The summed E-state index contributed by atoms with van der Waals surface area (Å²) in [5.41, 5.74) is 0. The smallest absolute Gasteiger partial charge is 0.170 e. The van der Waals surface area contributed by atoms with Gasteiger partial charge in [0.05, 0.1) is 5.75 Å². The van der Waals surface area contributed by atoms with E-state index in [4.69, 9.17) is 16.3 Å². The zero-order valence-electron chi connectivity index (χ0n) is 10.1. The lowest BCUT2D eigenvalue weighted by Gasteiger charge is -2.05. The summed E-state index contributed by atoms with van der Waals surface area (Å²) < 4.78 is 27.0. The molecule has 0 bridgehead atoms. The molecule has 4 nitrogen and oxygen atoms in total. The third kappa shape index (κ3) is 6.61. The number of hydrogen-bond acceptors (Lipinski definition) is 4. The molecule has 0 aliphatic heterocycles. The fraction of sp³-hybridized carbons (Fsp3) is 0.417. The van der Waals surface area contributed by atoms with Crippen LogP contribution in [-0.2, 0) is 14.6 Å². The van der Waals surface area contributed by atoms with Crippen LogP contribution in [0.2, 0.25) is 5.02 Å². The fourth-order valence-electron chi connectivity index (χ4n) is 1.30. The Hall–Kier alpha value is -1.07. The van der Waals surface area contributed by atoms with Crippen molar-refractivity contribution in [2.75, 3.05) is 18.6 Å². The van der Waals surface area contributed by atoms with Crippen molar-refractivity contribution in [1.29, 1.82) is 0 Å². The lowest BCUT2D eigenvalue weighted by atomic mass is 10.2. The molecule has 1 aromatic rings. The number of rotatable bonds is 7. The standard InChI is InChI=1S/C12H15ClO4S/c1-18(15,16)8-2-3-11(14)9-17-12-6-4-10(13)5-7-12/h4-7H,2-3,8-9H2,1H3. The van der Waals surface area contributed by atoms with Crippen LogP contribution in [0.4, 0.5) is 0 Å². The molecule has 0 atom stereocenters. The largest absolute Gasteiger partial charge is 0.486 e. The molecule has 0 spiro atoms. The molecule has 100 valence electrons. The van der Waals surface area contributed by atoms with Crippen molar-refractivity contribution in [1.82, 2.24) is 0 Å². The molecule has 0 aliphatic carbocycles. The van der Waals surface area contributed by atoms with Gasteiger partial charge < -0.3 is 4.74 Å². The van der Waals surface area contributed by atoms with Gasteiger partial charge in [-0.05, 0) is 30.7 Å². The second-order valence-corrected chi connectivity index (χ2v) is 6.71. The maximum Gasteiger partial charge on any atom is 0.170 e. The van der Waals surface area contributed by atoms with Crippen molar-refractivity contribution in [2.24, 2.45) is 0 Å². The molecule has 0 fully saturated rings. The van der Waals surface area contributed by atoms with Gasteiger partial charge in [-0.1, -0.05) is 11.6 Å². The summed E-state index contributed by atoms with van der Waals surface area (Å²) in [7, 11) is -3.00. The summed E-state index contributed by atoms with van der Waals surface area (Å²) in [6.07, 6.45) is 1.70. The Labute approximate surface area is 112 Å². The van der Waals surface area contributed by atoms with Crippen molar-refractivity contribution in [3.05, 3.63) is 29.3 Å². The van der Waals surface area contributed by atoms with E-state index in [0.717, 1.165) is 6.26 Å². The molecule has 0 saturated carbocycles. The number of carbonyl (C=O) groups excluding carboxylic acids is 1. The van der Waals surface area contributed by atoms with Crippen LogP contribution < -0.4 is 4.74 Å². The topological polar surface area (TPSA) is 60.4 Å². The molecule has 18 heavy (non-hydrogen) atoms. The predicted octanol–water partition coefficient (Wildman–Crippen LogP) is 2.11. The summed E-state index contributed by atoms with van der Waals surface area (Å²) in [6.45, 7) is -0.0502. The van der Waals surface area contributed by atoms with Crippen LogP contribution in [0, 0.1) is 0 Å². The van der Waals surface area contributed by atoms with E-state index >= 15 is 0 Å².